The van der Waals surface area contributed by atoms with Crippen LogP contribution in [0.4, 0.5) is 0 Å². The molecule has 0 amide bonds. The molecule has 0 aliphatic carbocycles. The molecule has 0 aromatic carbocycles. The van der Waals surface area contributed by atoms with Crippen LogP contribution in [0.15, 0.2) is 21.5 Å². The van der Waals surface area contributed by atoms with E-state index in [1.807, 2.05) is 19.9 Å². The molecule has 0 saturated carbocycles. The zero-order valence-corrected chi connectivity index (χ0v) is 19.3. The molecule has 0 radical (unpaired) electrons. The fourth-order valence-corrected chi connectivity index (χ4v) is 3.96. The maximum atomic E-state index is 11.5. The Labute approximate surface area is 178 Å². The summed E-state index contributed by atoms with van der Waals surface area (Å²) in [6, 6.07) is 3.57. The third kappa shape index (κ3) is 7.96. The van der Waals surface area contributed by atoms with E-state index < -0.39 is 15.4 Å². The van der Waals surface area contributed by atoms with Crippen LogP contribution in [0, 0.1) is 6.92 Å². The lowest BCUT2D eigenvalue weighted by molar-refractivity contribution is 0.0428. The monoisotopic (exact) mass is 514 g/mol. The van der Waals surface area contributed by atoms with Gasteiger partial charge >= 0.3 is 0 Å². The smallest absolute Gasteiger partial charge is 0.191 e. The van der Waals surface area contributed by atoms with Crippen molar-refractivity contribution >= 4 is 39.8 Å². The second kappa shape index (κ2) is 10.6. The number of halogens is 1. The average molecular weight is 514 g/mol. The maximum Gasteiger partial charge on any atom is 0.191 e. The molecule has 27 heavy (non-hydrogen) atoms. The molecule has 3 N–H and O–H groups in total. The number of hydrogen-bond acceptors (Lipinski definition) is 6. The molecule has 1 aromatic heterocycles. The summed E-state index contributed by atoms with van der Waals surface area (Å²) in [6.45, 7) is 8.89. The molecule has 2 rings (SSSR count). The van der Waals surface area contributed by atoms with E-state index in [1.54, 1.807) is 13.0 Å². The quantitative estimate of drug-likeness (QED) is 0.280. The largest absolute Gasteiger partial charge is 0.463 e. The predicted octanol–water partition coefficient (Wildman–Crippen LogP) is 0.699. The highest BCUT2D eigenvalue weighted by Crippen LogP contribution is 2.22. The van der Waals surface area contributed by atoms with Gasteiger partial charge in [-0.25, -0.2) is 13.4 Å². The van der Waals surface area contributed by atoms with Crippen molar-refractivity contribution in [2.75, 3.05) is 50.8 Å². The number of nitrogens with zero attached hydrogens (tertiary/aromatic N) is 2. The minimum absolute atomic E-state index is 0. The van der Waals surface area contributed by atoms with Gasteiger partial charge in [-0.05, 0) is 32.9 Å². The maximum absolute atomic E-state index is 11.5. The van der Waals surface area contributed by atoms with Gasteiger partial charge in [-0.15, -0.1) is 24.0 Å². The van der Waals surface area contributed by atoms with Crippen molar-refractivity contribution in [2.24, 2.45) is 4.99 Å². The molecule has 1 unspecified atom stereocenters. The van der Waals surface area contributed by atoms with Crippen molar-refractivity contribution < 1.29 is 17.9 Å². The standard InChI is InChI=1S/C17H30N4O4S.HI/c1-4-18-16(19-7-8-21-9-11-26(23,24)12-10-21)20-13-17(3,22)15-6-5-14(2)25-15;/h5-6,22H,4,7-13H2,1-3H3,(H2,18,19,20);1H. The van der Waals surface area contributed by atoms with Crippen molar-refractivity contribution in [2.45, 2.75) is 26.4 Å². The van der Waals surface area contributed by atoms with E-state index in [0.717, 1.165) is 12.3 Å². The summed E-state index contributed by atoms with van der Waals surface area (Å²) in [5.74, 6) is 2.31. The lowest BCUT2D eigenvalue weighted by Gasteiger charge is -2.26. The number of guanidine groups is 1. The highest BCUT2D eigenvalue weighted by atomic mass is 127. The number of aliphatic imine (C=N–C) groups is 1. The lowest BCUT2D eigenvalue weighted by Crippen LogP contribution is -2.46. The highest BCUT2D eigenvalue weighted by Gasteiger charge is 2.27. The van der Waals surface area contributed by atoms with E-state index in [2.05, 4.69) is 20.5 Å². The van der Waals surface area contributed by atoms with E-state index >= 15 is 0 Å². The summed E-state index contributed by atoms with van der Waals surface area (Å²) in [7, 11) is -2.85. The Balaban J connectivity index is 0.00000364. The van der Waals surface area contributed by atoms with Gasteiger partial charge < -0.3 is 20.2 Å². The van der Waals surface area contributed by atoms with Crippen molar-refractivity contribution in [3.05, 3.63) is 23.7 Å². The number of furan rings is 1. The van der Waals surface area contributed by atoms with Gasteiger partial charge in [-0.1, -0.05) is 0 Å². The number of sulfone groups is 1. The lowest BCUT2D eigenvalue weighted by atomic mass is 10.0. The molecular weight excluding hydrogens is 483 g/mol. The molecule has 0 bridgehead atoms. The van der Waals surface area contributed by atoms with Gasteiger partial charge in [-0.3, -0.25) is 4.90 Å². The fourth-order valence-electron chi connectivity index (χ4n) is 2.68. The Bertz CT molecular complexity index is 704. The Kier molecular flexibility index (Phi) is 9.52. The van der Waals surface area contributed by atoms with E-state index in [1.165, 1.54) is 0 Å². The summed E-state index contributed by atoms with van der Waals surface area (Å²) in [4.78, 5) is 6.57. The molecule has 156 valence electrons. The summed E-state index contributed by atoms with van der Waals surface area (Å²) >= 11 is 0. The highest BCUT2D eigenvalue weighted by molar-refractivity contribution is 14.0. The third-order valence-corrected chi connectivity index (χ3v) is 5.93. The van der Waals surface area contributed by atoms with E-state index in [4.69, 9.17) is 4.42 Å². The van der Waals surface area contributed by atoms with Gasteiger partial charge in [0.05, 0.1) is 18.1 Å². The van der Waals surface area contributed by atoms with Crippen molar-refractivity contribution in [3.63, 3.8) is 0 Å². The van der Waals surface area contributed by atoms with Crippen LogP contribution in [-0.2, 0) is 15.4 Å². The van der Waals surface area contributed by atoms with Crippen LogP contribution in [0.1, 0.15) is 25.4 Å². The SMILES string of the molecule is CCNC(=NCC(C)(O)c1ccc(C)o1)NCCN1CCS(=O)(=O)CC1.I. The van der Waals surface area contributed by atoms with Crippen LogP contribution in [-0.4, -0.2) is 75.2 Å². The average Bonchev–Trinajstić information content (AvgIpc) is 3.01. The first kappa shape index (κ1) is 24.2. The van der Waals surface area contributed by atoms with Crippen LogP contribution >= 0.6 is 24.0 Å². The second-order valence-corrected chi connectivity index (χ2v) is 9.10. The van der Waals surface area contributed by atoms with Crippen molar-refractivity contribution in [1.82, 2.24) is 15.5 Å². The minimum atomic E-state index is -2.85. The third-order valence-electron chi connectivity index (χ3n) is 4.32. The van der Waals surface area contributed by atoms with E-state index in [9.17, 15) is 13.5 Å². The molecule has 8 nitrogen and oxygen atoms in total. The normalized spacial score (nSPS) is 19.8. The summed E-state index contributed by atoms with van der Waals surface area (Å²) in [5.41, 5.74) is -1.18. The van der Waals surface area contributed by atoms with Gasteiger partial charge in [0.2, 0.25) is 0 Å². The molecule has 1 aliphatic rings. The topological polar surface area (TPSA) is 107 Å². The summed E-state index contributed by atoms with van der Waals surface area (Å²) < 4.78 is 28.4. The molecule has 1 atom stereocenters. The van der Waals surface area contributed by atoms with Gasteiger partial charge in [0.15, 0.2) is 15.8 Å². The molecule has 1 aromatic rings. The van der Waals surface area contributed by atoms with Gasteiger partial charge in [0.1, 0.15) is 17.1 Å². The number of nitrogens with one attached hydrogen (secondary N) is 2. The van der Waals surface area contributed by atoms with Crippen molar-refractivity contribution in [3.8, 4) is 0 Å². The molecule has 1 aliphatic heterocycles. The first-order valence-electron chi connectivity index (χ1n) is 8.96. The first-order valence-corrected chi connectivity index (χ1v) is 10.8. The van der Waals surface area contributed by atoms with Crippen LogP contribution in [0.5, 0.6) is 0 Å². The number of aliphatic hydroxyl groups is 1. The van der Waals surface area contributed by atoms with Crippen LogP contribution in [0.25, 0.3) is 0 Å². The Hall–Kier alpha value is -0.850. The van der Waals surface area contributed by atoms with Crippen molar-refractivity contribution in [1.29, 1.82) is 0 Å². The number of hydrogen-bond donors (Lipinski definition) is 3. The van der Waals surface area contributed by atoms with Crippen LogP contribution in [0.2, 0.25) is 0 Å². The van der Waals surface area contributed by atoms with Gasteiger partial charge in [0.25, 0.3) is 0 Å². The molecule has 2 heterocycles. The summed E-state index contributed by atoms with van der Waals surface area (Å²) in [5, 5.41) is 16.9. The van der Waals surface area contributed by atoms with E-state index in [0.29, 0.717) is 37.9 Å². The van der Waals surface area contributed by atoms with Gasteiger partial charge in [0, 0.05) is 32.7 Å². The Morgan fingerprint density at radius 3 is 2.56 bits per heavy atom. The molecule has 1 saturated heterocycles. The Morgan fingerprint density at radius 2 is 2.00 bits per heavy atom. The number of rotatable bonds is 7. The van der Waals surface area contributed by atoms with Crippen LogP contribution < -0.4 is 10.6 Å². The molecule has 10 heteroatoms. The molecule has 0 spiro atoms. The molecular formula is C17H31IN4O4S. The fraction of sp³-hybridized carbons (Fsp3) is 0.706. The second-order valence-electron chi connectivity index (χ2n) is 6.80. The molecule has 1 fully saturated rings. The predicted molar refractivity (Wildman–Crippen MR) is 118 cm³/mol. The zero-order valence-electron chi connectivity index (χ0n) is 16.2. The zero-order chi connectivity index (χ0) is 19.2. The Morgan fingerprint density at radius 1 is 1.33 bits per heavy atom. The van der Waals surface area contributed by atoms with E-state index in [-0.39, 0.29) is 42.0 Å². The van der Waals surface area contributed by atoms with Gasteiger partial charge in [-0.2, -0.15) is 0 Å². The number of aryl methyl sites for hydroxylation is 1. The first-order chi connectivity index (χ1) is 12.2. The summed E-state index contributed by atoms with van der Waals surface area (Å²) in [6.07, 6.45) is 0. The minimum Gasteiger partial charge on any atom is -0.463 e. The van der Waals surface area contributed by atoms with Crippen LogP contribution in [0.3, 0.4) is 0 Å².